The fraction of sp³-hybridized carbons (Fsp3) is 0.111. The number of ether oxygens (including phenoxy) is 1. The van der Waals surface area contributed by atoms with Gasteiger partial charge >= 0.3 is 0 Å². The van der Waals surface area contributed by atoms with Crippen molar-refractivity contribution in [2.24, 2.45) is 0 Å². The maximum atomic E-state index is 12.9. The number of halogens is 1. The van der Waals surface area contributed by atoms with E-state index in [1.807, 2.05) is 24.3 Å². The molecule has 4 rings (SSSR count). The van der Waals surface area contributed by atoms with Crippen molar-refractivity contribution in [2.75, 3.05) is 12.4 Å². The fourth-order valence-corrected chi connectivity index (χ4v) is 3.79. The number of rotatable bonds is 4. The van der Waals surface area contributed by atoms with Gasteiger partial charge < -0.3 is 4.74 Å². The number of carbonyl (C=O) groups excluding carboxylic acids is 1. The number of aryl methyl sites for hydroxylation is 1. The van der Waals surface area contributed by atoms with E-state index < -0.39 is 0 Å². The van der Waals surface area contributed by atoms with E-state index in [0.717, 1.165) is 0 Å². The van der Waals surface area contributed by atoms with Crippen LogP contribution in [0, 0.1) is 6.92 Å². The van der Waals surface area contributed by atoms with Gasteiger partial charge in [-0.05, 0) is 35.0 Å². The molecule has 0 aliphatic rings. The third-order valence-corrected chi connectivity index (χ3v) is 5.07. The Bertz CT molecular complexity index is 1200. The van der Waals surface area contributed by atoms with Crippen LogP contribution in [0.5, 0.6) is 5.75 Å². The zero-order chi connectivity index (χ0) is 19.7. The molecule has 4 aromatic rings. The summed E-state index contributed by atoms with van der Waals surface area (Å²) in [6.07, 6.45) is 3.06. The van der Waals surface area contributed by atoms with Crippen LogP contribution in [0.3, 0.4) is 0 Å². The molecule has 8 nitrogen and oxygen atoms in total. The maximum Gasteiger partial charge on any atom is 0.261 e. The van der Waals surface area contributed by atoms with Crippen molar-refractivity contribution < 1.29 is 9.53 Å². The molecule has 1 amide bonds. The summed E-state index contributed by atoms with van der Waals surface area (Å²) < 4.78 is 6.02. The Kier molecular flexibility index (Phi) is 4.97. The third-order valence-electron chi connectivity index (χ3n) is 3.83. The van der Waals surface area contributed by atoms with Gasteiger partial charge in [0.15, 0.2) is 15.6 Å². The molecule has 3 heterocycles. The van der Waals surface area contributed by atoms with Gasteiger partial charge in [0.1, 0.15) is 16.2 Å². The number of fused-ring (bicyclic) bond motifs is 1. The van der Waals surface area contributed by atoms with E-state index in [1.165, 1.54) is 17.5 Å². The lowest BCUT2D eigenvalue weighted by molar-refractivity contribution is 0.102. The van der Waals surface area contributed by atoms with Crippen molar-refractivity contribution in [3.63, 3.8) is 0 Å². The molecule has 1 N–H and O–H groups in total. The normalized spacial score (nSPS) is 10.8. The molecule has 140 valence electrons. The zero-order valence-electron chi connectivity index (χ0n) is 14.8. The number of hydrogen-bond acceptors (Lipinski definition) is 8. The number of thiazole rings is 1. The first-order chi connectivity index (χ1) is 13.5. The summed E-state index contributed by atoms with van der Waals surface area (Å²) in [5, 5.41) is 3.18. The highest BCUT2D eigenvalue weighted by atomic mass is 79.9. The number of hydrogen-bond donors (Lipinski definition) is 1. The van der Waals surface area contributed by atoms with E-state index in [4.69, 9.17) is 4.74 Å². The van der Waals surface area contributed by atoms with Crippen LogP contribution in [0.25, 0.3) is 21.7 Å². The summed E-state index contributed by atoms with van der Waals surface area (Å²) >= 11 is 4.51. The highest BCUT2D eigenvalue weighted by molar-refractivity contribution is 9.10. The Labute approximate surface area is 172 Å². The van der Waals surface area contributed by atoms with Crippen LogP contribution in [-0.2, 0) is 0 Å². The molecule has 0 fully saturated rings. The predicted octanol–water partition coefficient (Wildman–Crippen LogP) is 3.88. The van der Waals surface area contributed by atoms with E-state index >= 15 is 0 Å². The van der Waals surface area contributed by atoms with Crippen molar-refractivity contribution in [3.05, 3.63) is 52.7 Å². The molecule has 0 radical (unpaired) electrons. The number of para-hydroxylation sites is 1. The van der Waals surface area contributed by atoms with Crippen LogP contribution in [0.1, 0.15) is 16.2 Å². The number of amides is 1. The summed E-state index contributed by atoms with van der Waals surface area (Å²) in [6, 6.07) is 7.38. The Morgan fingerprint density at radius 2 is 1.96 bits per heavy atom. The number of anilines is 1. The maximum absolute atomic E-state index is 12.9. The first kappa shape index (κ1) is 18.4. The van der Waals surface area contributed by atoms with Crippen molar-refractivity contribution in [2.45, 2.75) is 6.92 Å². The molecule has 3 aromatic heterocycles. The van der Waals surface area contributed by atoms with E-state index in [1.54, 1.807) is 20.2 Å². The smallest absolute Gasteiger partial charge is 0.261 e. The molecule has 0 saturated carbocycles. The Balaban J connectivity index is 1.73. The monoisotopic (exact) mass is 456 g/mol. The van der Waals surface area contributed by atoms with Gasteiger partial charge in [-0.1, -0.05) is 23.5 Å². The molecule has 28 heavy (non-hydrogen) atoms. The molecule has 0 spiro atoms. The van der Waals surface area contributed by atoms with Crippen LogP contribution >= 0.6 is 27.3 Å². The minimum atomic E-state index is -0.376. The lowest BCUT2D eigenvalue weighted by Gasteiger charge is -2.12. The van der Waals surface area contributed by atoms with Gasteiger partial charge in [0, 0.05) is 11.8 Å². The first-order valence-corrected chi connectivity index (χ1v) is 9.73. The van der Waals surface area contributed by atoms with Gasteiger partial charge in [-0.25, -0.2) is 19.9 Å². The molecule has 0 bridgehead atoms. The van der Waals surface area contributed by atoms with Gasteiger partial charge in [-0.15, -0.1) is 0 Å². The molecule has 0 atom stereocenters. The van der Waals surface area contributed by atoms with Crippen LogP contribution < -0.4 is 10.1 Å². The summed E-state index contributed by atoms with van der Waals surface area (Å²) in [4.78, 5) is 35.0. The second-order valence-electron chi connectivity index (χ2n) is 5.67. The number of nitrogens with one attached hydrogen (secondary N) is 1. The molecule has 0 saturated heterocycles. The van der Waals surface area contributed by atoms with E-state index in [-0.39, 0.29) is 5.91 Å². The number of methoxy groups -OCH3 is 1. The van der Waals surface area contributed by atoms with Crippen molar-refractivity contribution in [3.8, 4) is 17.0 Å². The van der Waals surface area contributed by atoms with Gasteiger partial charge in [-0.2, -0.15) is 4.98 Å². The Morgan fingerprint density at radius 3 is 2.79 bits per heavy atom. The molecular formula is C18H13BrN6O2S. The quantitative estimate of drug-likeness (QED) is 0.496. The van der Waals surface area contributed by atoms with Crippen LogP contribution in [0.15, 0.2) is 41.3 Å². The molecule has 0 unspecified atom stereocenters. The van der Waals surface area contributed by atoms with Gasteiger partial charge in [0.05, 0.1) is 24.6 Å². The molecule has 0 aliphatic heterocycles. The number of nitrogens with zero attached hydrogens (tertiary/aromatic N) is 5. The van der Waals surface area contributed by atoms with E-state index in [2.05, 4.69) is 46.2 Å². The molecular weight excluding hydrogens is 444 g/mol. The highest BCUT2D eigenvalue weighted by Crippen LogP contribution is 2.31. The molecule has 0 aliphatic carbocycles. The van der Waals surface area contributed by atoms with Crippen LogP contribution in [-0.4, -0.2) is 37.9 Å². The van der Waals surface area contributed by atoms with Gasteiger partial charge in [0.25, 0.3) is 5.91 Å². The van der Waals surface area contributed by atoms with Crippen LogP contribution in [0.4, 0.5) is 5.13 Å². The number of carbonyl (C=O) groups is 1. The second-order valence-corrected chi connectivity index (χ2v) is 7.46. The SMILES string of the molecule is COc1ccccc1-c1nc(C)ncc1C(=O)Nc1nc2ncc(Br)nc2s1. The van der Waals surface area contributed by atoms with Crippen molar-refractivity contribution in [1.29, 1.82) is 0 Å². The summed E-state index contributed by atoms with van der Waals surface area (Å²) in [6.45, 7) is 1.77. The third kappa shape index (κ3) is 3.56. The van der Waals surface area contributed by atoms with E-state index in [9.17, 15) is 4.79 Å². The highest BCUT2D eigenvalue weighted by Gasteiger charge is 2.20. The van der Waals surface area contributed by atoms with Crippen LogP contribution in [0.2, 0.25) is 0 Å². The lowest BCUT2D eigenvalue weighted by Crippen LogP contribution is -2.15. The predicted molar refractivity (Wildman–Crippen MR) is 110 cm³/mol. The molecule has 1 aromatic carbocycles. The lowest BCUT2D eigenvalue weighted by atomic mass is 10.1. The average molecular weight is 457 g/mol. The van der Waals surface area contributed by atoms with E-state index in [0.29, 0.717) is 48.6 Å². The van der Waals surface area contributed by atoms with Crippen molar-refractivity contribution >= 4 is 48.8 Å². The number of benzene rings is 1. The summed E-state index contributed by atoms with van der Waals surface area (Å²) in [7, 11) is 1.58. The minimum Gasteiger partial charge on any atom is -0.496 e. The summed E-state index contributed by atoms with van der Waals surface area (Å²) in [5.74, 6) is 0.794. The Morgan fingerprint density at radius 1 is 1.14 bits per heavy atom. The van der Waals surface area contributed by atoms with Gasteiger partial charge in [-0.3, -0.25) is 10.1 Å². The minimum absolute atomic E-state index is 0.316. The Hall–Kier alpha value is -2.98. The summed E-state index contributed by atoms with van der Waals surface area (Å²) in [5.41, 5.74) is 1.98. The standard InChI is InChI=1S/C18H13BrN6O2S/c1-9-20-7-11(14(22-9)10-5-3-4-6-12(10)27-2)16(26)25-18-24-15-17(28-18)23-13(19)8-21-15/h3-8H,1-2H3,(H,21,24,25,26). The second kappa shape index (κ2) is 7.56. The molecule has 10 heteroatoms. The fourth-order valence-electron chi connectivity index (χ4n) is 2.60. The average Bonchev–Trinajstić information content (AvgIpc) is 3.09. The van der Waals surface area contributed by atoms with Crippen molar-refractivity contribution in [1.82, 2.24) is 24.9 Å². The number of aromatic nitrogens is 5. The largest absolute Gasteiger partial charge is 0.496 e. The zero-order valence-corrected chi connectivity index (χ0v) is 17.2. The first-order valence-electron chi connectivity index (χ1n) is 8.12. The van der Waals surface area contributed by atoms with Gasteiger partial charge in [0.2, 0.25) is 0 Å². The topological polar surface area (TPSA) is 103 Å².